The fourth-order valence-electron chi connectivity index (χ4n) is 4.47. The van der Waals surface area contributed by atoms with Crippen LogP contribution >= 0.6 is 0 Å². The minimum absolute atomic E-state index is 0.185. The van der Waals surface area contributed by atoms with Crippen molar-refractivity contribution in [2.45, 2.75) is 45.7 Å². The number of amides is 2. The summed E-state index contributed by atoms with van der Waals surface area (Å²) < 4.78 is 13.0. The van der Waals surface area contributed by atoms with Crippen molar-refractivity contribution in [3.63, 3.8) is 0 Å². The smallest absolute Gasteiger partial charge is 0.251 e. The number of nitrogens with one attached hydrogen (secondary N) is 1. The Morgan fingerprint density at radius 2 is 2.00 bits per heavy atom. The van der Waals surface area contributed by atoms with Crippen LogP contribution in [0.15, 0.2) is 24.3 Å². The van der Waals surface area contributed by atoms with E-state index in [9.17, 15) is 14.0 Å². The van der Waals surface area contributed by atoms with Gasteiger partial charge < -0.3 is 10.2 Å². The van der Waals surface area contributed by atoms with Gasteiger partial charge in [0, 0.05) is 30.6 Å². The number of halogens is 1. The lowest BCUT2D eigenvalue weighted by Crippen LogP contribution is -2.39. The molecule has 5 heteroatoms. The topological polar surface area (TPSA) is 49.4 Å². The maximum Gasteiger partial charge on any atom is 0.251 e. The van der Waals surface area contributed by atoms with Gasteiger partial charge in [0.05, 0.1) is 0 Å². The molecule has 1 aliphatic heterocycles. The molecule has 0 radical (unpaired) electrons. The van der Waals surface area contributed by atoms with Crippen LogP contribution in [0.1, 0.15) is 44.0 Å². The minimum Gasteiger partial charge on any atom is -0.352 e. The molecule has 4 nitrogen and oxygen atoms in total. The summed E-state index contributed by atoms with van der Waals surface area (Å²) in [6.45, 7) is 6.90. The van der Waals surface area contributed by atoms with E-state index in [1.807, 2.05) is 4.90 Å². The summed E-state index contributed by atoms with van der Waals surface area (Å²) in [5.41, 5.74) is 0.463. The van der Waals surface area contributed by atoms with Crippen LogP contribution < -0.4 is 5.32 Å². The van der Waals surface area contributed by atoms with Gasteiger partial charge in [0.25, 0.3) is 5.91 Å². The summed E-state index contributed by atoms with van der Waals surface area (Å²) in [6.07, 6.45) is 1.59. The van der Waals surface area contributed by atoms with Gasteiger partial charge in [-0.15, -0.1) is 0 Å². The van der Waals surface area contributed by atoms with E-state index in [2.05, 4.69) is 26.1 Å². The summed E-state index contributed by atoms with van der Waals surface area (Å²) in [6, 6.07) is 6.10. The van der Waals surface area contributed by atoms with E-state index in [1.54, 1.807) is 0 Å². The van der Waals surface area contributed by atoms with Gasteiger partial charge in [0.15, 0.2) is 0 Å². The predicted molar refractivity (Wildman–Crippen MR) is 89.9 cm³/mol. The van der Waals surface area contributed by atoms with Gasteiger partial charge in [-0.3, -0.25) is 9.59 Å². The summed E-state index contributed by atoms with van der Waals surface area (Å²) in [4.78, 5) is 26.5. The molecule has 1 aromatic carbocycles. The highest BCUT2D eigenvalue weighted by Crippen LogP contribution is 2.46. The first kappa shape index (κ1) is 16.9. The molecular formula is C19H25FN2O2. The van der Waals surface area contributed by atoms with E-state index >= 15 is 0 Å². The van der Waals surface area contributed by atoms with E-state index < -0.39 is 0 Å². The molecule has 4 atom stereocenters. The number of hydrogen-bond donors (Lipinski definition) is 1. The van der Waals surface area contributed by atoms with E-state index in [0.29, 0.717) is 42.3 Å². The number of hydrogen-bond acceptors (Lipinski definition) is 2. The lowest BCUT2D eigenvalue weighted by molar-refractivity contribution is -0.130. The first-order valence-electron chi connectivity index (χ1n) is 8.73. The molecule has 2 fully saturated rings. The van der Waals surface area contributed by atoms with Crippen molar-refractivity contribution in [3.05, 3.63) is 35.6 Å². The molecule has 1 aliphatic carbocycles. The monoisotopic (exact) mass is 332 g/mol. The molecular weight excluding hydrogens is 307 g/mol. The molecule has 1 saturated carbocycles. The summed E-state index contributed by atoms with van der Waals surface area (Å²) >= 11 is 0. The number of benzene rings is 1. The van der Waals surface area contributed by atoms with Crippen LogP contribution in [0.2, 0.25) is 0 Å². The average Bonchev–Trinajstić information content (AvgIpc) is 2.98. The number of rotatable bonds is 4. The van der Waals surface area contributed by atoms with Gasteiger partial charge in [0.2, 0.25) is 5.91 Å². The standard InChI is InChI=1S/C19H25FN2O2/c1-11(2)22-17-8-12(3)16(15(17)9-18(22)23)10-21-19(24)13-4-6-14(20)7-5-13/h4-7,11-12,15-17H,8-10H2,1-3H3,(H,21,24)/t12-,15-,16+,17+/m0/s1. The van der Waals surface area contributed by atoms with Gasteiger partial charge >= 0.3 is 0 Å². The van der Waals surface area contributed by atoms with Crippen molar-refractivity contribution >= 4 is 11.8 Å². The van der Waals surface area contributed by atoms with Crippen LogP contribution in [0, 0.1) is 23.6 Å². The van der Waals surface area contributed by atoms with Crippen LogP contribution in [0.3, 0.4) is 0 Å². The first-order chi connectivity index (χ1) is 11.4. The van der Waals surface area contributed by atoms with Crippen LogP contribution in [-0.4, -0.2) is 35.3 Å². The van der Waals surface area contributed by atoms with Gasteiger partial charge in [-0.25, -0.2) is 4.39 Å². The van der Waals surface area contributed by atoms with Crippen LogP contribution in [0.25, 0.3) is 0 Å². The third kappa shape index (κ3) is 3.04. The Kier molecular flexibility index (Phi) is 4.61. The lowest BCUT2D eigenvalue weighted by Gasteiger charge is -2.28. The first-order valence-corrected chi connectivity index (χ1v) is 8.73. The molecule has 1 heterocycles. The van der Waals surface area contributed by atoms with Crippen LogP contribution in [0.4, 0.5) is 4.39 Å². The summed E-state index contributed by atoms with van der Waals surface area (Å²) in [5.74, 6) is 0.813. The SMILES string of the molecule is CC(C)N1C(=O)C[C@H]2[C@H](CNC(=O)c3ccc(F)cc3)[C@@H](C)C[C@H]21. The highest BCUT2D eigenvalue weighted by atomic mass is 19.1. The highest BCUT2D eigenvalue weighted by molar-refractivity contribution is 5.94. The summed E-state index contributed by atoms with van der Waals surface area (Å²) in [5, 5.41) is 2.97. The van der Waals surface area contributed by atoms with Gasteiger partial charge in [-0.05, 0) is 62.3 Å². The number of carbonyl (C=O) groups excluding carboxylic acids is 2. The third-order valence-electron chi connectivity index (χ3n) is 5.61. The predicted octanol–water partition coefficient (Wildman–Crippen LogP) is 2.84. The number of carbonyl (C=O) groups is 2. The van der Waals surface area contributed by atoms with Crippen molar-refractivity contribution in [2.24, 2.45) is 17.8 Å². The molecule has 0 bridgehead atoms. The van der Waals surface area contributed by atoms with Crippen molar-refractivity contribution in [1.29, 1.82) is 0 Å². The van der Waals surface area contributed by atoms with E-state index in [1.165, 1.54) is 24.3 Å². The third-order valence-corrected chi connectivity index (χ3v) is 5.61. The molecule has 0 spiro atoms. The Morgan fingerprint density at radius 1 is 1.33 bits per heavy atom. The molecule has 2 amide bonds. The highest BCUT2D eigenvalue weighted by Gasteiger charge is 2.51. The van der Waals surface area contributed by atoms with Gasteiger partial charge in [-0.2, -0.15) is 0 Å². The summed E-state index contributed by atoms with van der Waals surface area (Å²) in [7, 11) is 0. The second-order valence-electron chi connectivity index (χ2n) is 7.42. The molecule has 1 saturated heterocycles. The van der Waals surface area contributed by atoms with E-state index in [-0.39, 0.29) is 23.7 Å². The second kappa shape index (κ2) is 6.54. The Morgan fingerprint density at radius 3 is 2.62 bits per heavy atom. The zero-order chi connectivity index (χ0) is 17.4. The van der Waals surface area contributed by atoms with Gasteiger partial charge in [0.1, 0.15) is 5.82 Å². The second-order valence-corrected chi connectivity index (χ2v) is 7.42. The molecule has 1 aromatic rings. The van der Waals surface area contributed by atoms with Crippen LogP contribution in [-0.2, 0) is 4.79 Å². The molecule has 130 valence electrons. The molecule has 0 aromatic heterocycles. The Hall–Kier alpha value is -1.91. The largest absolute Gasteiger partial charge is 0.352 e. The average molecular weight is 332 g/mol. The Labute approximate surface area is 142 Å². The van der Waals surface area contributed by atoms with E-state index in [0.717, 1.165) is 6.42 Å². The van der Waals surface area contributed by atoms with Crippen molar-refractivity contribution in [3.8, 4) is 0 Å². The van der Waals surface area contributed by atoms with Crippen LogP contribution in [0.5, 0.6) is 0 Å². The van der Waals surface area contributed by atoms with Crippen molar-refractivity contribution in [2.75, 3.05) is 6.54 Å². The zero-order valence-electron chi connectivity index (χ0n) is 14.5. The molecule has 0 unspecified atom stereocenters. The van der Waals surface area contributed by atoms with E-state index in [4.69, 9.17) is 0 Å². The quantitative estimate of drug-likeness (QED) is 0.922. The fraction of sp³-hybridized carbons (Fsp3) is 0.579. The van der Waals surface area contributed by atoms with Crippen molar-refractivity contribution < 1.29 is 14.0 Å². The maximum atomic E-state index is 13.0. The minimum atomic E-state index is -0.350. The van der Waals surface area contributed by atoms with Crippen molar-refractivity contribution in [1.82, 2.24) is 10.2 Å². The van der Waals surface area contributed by atoms with Gasteiger partial charge in [-0.1, -0.05) is 6.92 Å². The Balaban J connectivity index is 1.64. The molecule has 1 N–H and O–H groups in total. The molecule has 3 rings (SSSR count). The number of likely N-dealkylation sites (tertiary alicyclic amines) is 1. The lowest BCUT2D eigenvalue weighted by atomic mass is 9.88. The molecule has 2 aliphatic rings. The molecule has 24 heavy (non-hydrogen) atoms. The maximum absolute atomic E-state index is 13.0. The fourth-order valence-corrected chi connectivity index (χ4v) is 4.47. The Bertz CT molecular complexity index is 629. The normalized spacial score (nSPS) is 29.2. The number of nitrogens with zero attached hydrogens (tertiary/aromatic N) is 1. The number of fused-ring (bicyclic) bond motifs is 1. The zero-order valence-corrected chi connectivity index (χ0v) is 14.5.